The first-order valence-electron chi connectivity index (χ1n) is 6.71. The Bertz CT molecular complexity index is 400. The lowest BCUT2D eigenvalue weighted by Crippen LogP contribution is -2.26. The quantitative estimate of drug-likeness (QED) is 0.840. The molecule has 1 aromatic heterocycles. The Morgan fingerprint density at radius 1 is 1.44 bits per heavy atom. The molecule has 2 rings (SSSR count). The second-order valence-corrected chi connectivity index (χ2v) is 4.87. The Morgan fingerprint density at radius 3 is 2.94 bits per heavy atom. The molecule has 2 N–H and O–H groups in total. The van der Waals surface area contributed by atoms with E-state index >= 15 is 0 Å². The molecule has 4 heteroatoms. The fraction of sp³-hybridized carbons (Fsp3) is 0.571. The molecule has 18 heavy (non-hydrogen) atoms. The number of aromatic nitrogens is 1. The van der Waals surface area contributed by atoms with Crippen molar-refractivity contribution in [1.29, 1.82) is 0 Å². The maximum Gasteiger partial charge on any atom is 0.253 e. The van der Waals surface area contributed by atoms with Crippen molar-refractivity contribution in [2.75, 3.05) is 18.9 Å². The second kappa shape index (κ2) is 6.38. The van der Waals surface area contributed by atoms with Crippen LogP contribution in [-0.4, -0.2) is 24.5 Å². The molecule has 0 aliphatic heterocycles. The molecule has 0 bridgehead atoms. The number of anilines is 1. The molecule has 1 aliphatic carbocycles. The first kappa shape index (κ1) is 12.9. The summed E-state index contributed by atoms with van der Waals surface area (Å²) in [5.74, 6) is 0.797. The van der Waals surface area contributed by atoms with Crippen molar-refractivity contribution in [3.63, 3.8) is 0 Å². The molecule has 0 aromatic carbocycles. The van der Waals surface area contributed by atoms with Crippen molar-refractivity contribution in [2.24, 2.45) is 5.92 Å². The summed E-state index contributed by atoms with van der Waals surface area (Å²) < 4.78 is 0. The van der Waals surface area contributed by atoms with Gasteiger partial charge in [0, 0.05) is 19.8 Å². The summed E-state index contributed by atoms with van der Waals surface area (Å²) >= 11 is 0. The molecular formula is C14H21N3O. The number of hydrogen-bond acceptors (Lipinski definition) is 3. The average Bonchev–Trinajstić information content (AvgIpc) is 2.91. The maximum atomic E-state index is 12.0. The molecule has 1 amide bonds. The first-order valence-corrected chi connectivity index (χ1v) is 6.71. The van der Waals surface area contributed by atoms with Crippen molar-refractivity contribution < 1.29 is 4.79 Å². The summed E-state index contributed by atoms with van der Waals surface area (Å²) in [4.78, 5) is 16.0. The Balaban J connectivity index is 1.83. The molecule has 1 fully saturated rings. The van der Waals surface area contributed by atoms with E-state index in [9.17, 15) is 4.79 Å². The zero-order chi connectivity index (χ0) is 12.8. The normalized spacial score (nSPS) is 15.6. The van der Waals surface area contributed by atoms with Crippen molar-refractivity contribution in [1.82, 2.24) is 10.3 Å². The minimum absolute atomic E-state index is 0.0141. The van der Waals surface area contributed by atoms with Crippen LogP contribution >= 0.6 is 0 Å². The Hall–Kier alpha value is -1.58. The van der Waals surface area contributed by atoms with Gasteiger partial charge in [0.15, 0.2) is 0 Å². The summed E-state index contributed by atoms with van der Waals surface area (Å²) in [6.45, 7) is 0.773. The topological polar surface area (TPSA) is 54.0 Å². The molecule has 0 saturated heterocycles. The van der Waals surface area contributed by atoms with Crippen molar-refractivity contribution >= 4 is 11.6 Å². The van der Waals surface area contributed by atoms with Gasteiger partial charge in [-0.25, -0.2) is 0 Å². The second-order valence-electron chi connectivity index (χ2n) is 4.87. The van der Waals surface area contributed by atoms with E-state index in [1.807, 2.05) is 0 Å². The van der Waals surface area contributed by atoms with Crippen molar-refractivity contribution in [3.8, 4) is 0 Å². The van der Waals surface area contributed by atoms with Crippen molar-refractivity contribution in [2.45, 2.75) is 32.1 Å². The first-order chi connectivity index (χ1) is 8.81. The van der Waals surface area contributed by atoms with E-state index in [4.69, 9.17) is 0 Å². The monoisotopic (exact) mass is 247 g/mol. The van der Waals surface area contributed by atoms with Crippen LogP contribution in [0.2, 0.25) is 0 Å². The number of rotatable bonds is 5. The molecular weight excluding hydrogens is 226 g/mol. The molecule has 0 atom stereocenters. The lowest BCUT2D eigenvalue weighted by molar-refractivity contribution is 0.0952. The summed E-state index contributed by atoms with van der Waals surface area (Å²) in [5, 5.41) is 5.98. The van der Waals surface area contributed by atoms with Gasteiger partial charge in [0.2, 0.25) is 0 Å². The third kappa shape index (κ3) is 3.22. The minimum atomic E-state index is -0.0141. The third-order valence-corrected chi connectivity index (χ3v) is 3.65. The zero-order valence-electron chi connectivity index (χ0n) is 10.9. The molecule has 1 saturated carbocycles. The van der Waals surface area contributed by atoms with Gasteiger partial charge in [-0.1, -0.05) is 25.7 Å². The fourth-order valence-electron chi connectivity index (χ4n) is 2.58. The van der Waals surface area contributed by atoms with Gasteiger partial charge < -0.3 is 10.6 Å². The van der Waals surface area contributed by atoms with Crippen LogP contribution < -0.4 is 10.6 Å². The van der Waals surface area contributed by atoms with Gasteiger partial charge in [0.05, 0.1) is 17.4 Å². The van der Waals surface area contributed by atoms with Crippen LogP contribution in [0.4, 0.5) is 5.69 Å². The summed E-state index contributed by atoms with van der Waals surface area (Å²) in [7, 11) is 1.80. The van der Waals surface area contributed by atoms with Gasteiger partial charge >= 0.3 is 0 Å². The van der Waals surface area contributed by atoms with Crippen LogP contribution in [0.1, 0.15) is 42.5 Å². The highest BCUT2D eigenvalue weighted by atomic mass is 16.1. The molecule has 1 aromatic rings. The highest BCUT2D eigenvalue weighted by Gasteiger charge is 2.15. The highest BCUT2D eigenvalue weighted by Crippen LogP contribution is 2.26. The van der Waals surface area contributed by atoms with Gasteiger partial charge in [-0.2, -0.15) is 0 Å². The lowest BCUT2D eigenvalue weighted by atomic mass is 10.0. The lowest BCUT2D eigenvalue weighted by Gasteiger charge is -2.11. The minimum Gasteiger partial charge on any atom is -0.386 e. The summed E-state index contributed by atoms with van der Waals surface area (Å²) in [6.07, 6.45) is 9.78. The number of carbonyl (C=O) groups is 1. The molecule has 0 unspecified atom stereocenters. The Kier molecular flexibility index (Phi) is 4.56. The predicted octanol–water partition coefficient (Wildman–Crippen LogP) is 2.43. The SMILES string of the molecule is CNc1cnccc1C(=O)NCCC1CCCC1. The summed E-state index contributed by atoms with van der Waals surface area (Å²) in [5.41, 5.74) is 1.44. The van der Waals surface area contributed by atoms with E-state index in [-0.39, 0.29) is 5.91 Å². The fourth-order valence-corrected chi connectivity index (χ4v) is 2.58. The van der Waals surface area contributed by atoms with Gasteiger partial charge in [-0.05, 0) is 18.4 Å². The van der Waals surface area contributed by atoms with Gasteiger partial charge in [0.25, 0.3) is 5.91 Å². The third-order valence-electron chi connectivity index (χ3n) is 3.65. The molecule has 1 aliphatic rings. The van der Waals surface area contributed by atoms with Crippen LogP contribution in [0.25, 0.3) is 0 Å². The van der Waals surface area contributed by atoms with Crippen LogP contribution in [0.5, 0.6) is 0 Å². The van der Waals surface area contributed by atoms with Crippen LogP contribution in [0.3, 0.4) is 0 Å². The number of amides is 1. The molecule has 0 radical (unpaired) electrons. The van der Waals surface area contributed by atoms with E-state index in [0.29, 0.717) is 5.56 Å². The van der Waals surface area contributed by atoms with E-state index in [1.54, 1.807) is 25.5 Å². The summed E-state index contributed by atoms with van der Waals surface area (Å²) in [6, 6.07) is 1.75. The Morgan fingerprint density at radius 2 is 2.22 bits per heavy atom. The maximum absolute atomic E-state index is 12.0. The zero-order valence-corrected chi connectivity index (χ0v) is 10.9. The Labute approximate surface area is 108 Å². The van der Waals surface area contributed by atoms with E-state index < -0.39 is 0 Å². The van der Waals surface area contributed by atoms with Crippen LogP contribution in [0, 0.1) is 5.92 Å². The standard InChI is InChI=1S/C14H21N3O/c1-15-13-10-16-8-7-12(13)14(18)17-9-6-11-4-2-3-5-11/h7-8,10-11,15H,2-6,9H2,1H3,(H,17,18). The smallest absolute Gasteiger partial charge is 0.253 e. The van der Waals surface area contributed by atoms with Crippen molar-refractivity contribution in [3.05, 3.63) is 24.0 Å². The van der Waals surface area contributed by atoms with E-state index in [0.717, 1.165) is 24.6 Å². The molecule has 4 nitrogen and oxygen atoms in total. The number of nitrogens with zero attached hydrogens (tertiary/aromatic N) is 1. The van der Waals surface area contributed by atoms with Crippen LogP contribution in [-0.2, 0) is 0 Å². The van der Waals surface area contributed by atoms with E-state index in [1.165, 1.54) is 25.7 Å². The molecule has 98 valence electrons. The number of carbonyl (C=O) groups excluding carboxylic acids is 1. The largest absolute Gasteiger partial charge is 0.386 e. The number of pyridine rings is 1. The van der Waals surface area contributed by atoms with Gasteiger partial charge in [-0.15, -0.1) is 0 Å². The number of hydrogen-bond donors (Lipinski definition) is 2. The number of nitrogens with one attached hydrogen (secondary N) is 2. The van der Waals surface area contributed by atoms with Gasteiger partial charge in [0.1, 0.15) is 0 Å². The highest BCUT2D eigenvalue weighted by molar-refractivity contribution is 5.99. The van der Waals surface area contributed by atoms with Gasteiger partial charge in [-0.3, -0.25) is 9.78 Å². The predicted molar refractivity (Wildman–Crippen MR) is 72.7 cm³/mol. The molecule has 0 spiro atoms. The van der Waals surface area contributed by atoms with Crippen LogP contribution in [0.15, 0.2) is 18.5 Å². The van der Waals surface area contributed by atoms with E-state index in [2.05, 4.69) is 15.6 Å². The molecule has 1 heterocycles. The average molecular weight is 247 g/mol.